The summed E-state index contributed by atoms with van der Waals surface area (Å²) in [4.78, 5) is 4.13. The van der Waals surface area contributed by atoms with Gasteiger partial charge < -0.3 is 4.74 Å². The molecule has 0 saturated carbocycles. The van der Waals surface area contributed by atoms with Gasteiger partial charge in [-0.05, 0) is 19.1 Å². The molecule has 2 aromatic heterocycles. The lowest BCUT2D eigenvalue weighted by molar-refractivity contribution is 0.313. The van der Waals surface area contributed by atoms with Crippen LogP contribution in [-0.2, 0) is 0 Å². The molecule has 0 atom stereocenters. The lowest BCUT2D eigenvalue weighted by atomic mass is 10.5. The molecule has 12 heavy (non-hydrogen) atoms. The summed E-state index contributed by atoms with van der Waals surface area (Å²) in [5.41, 5.74) is 0.806. The summed E-state index contributed by atoms with van der Waals surface area (Å²) in [6, 6.07) is 6.14. The van der Waals surface area contributed by atoms with E-state index in [0.29, 0.717) is 12.6 Å². The molecule has 2 aromatic rings. The highest BCUT2D eigenvalue weighted by atomic mass is 16.5. The fourth-order valence-corrected chi connectivity index (χ4v) is 1.00. The van der Waals surface area contributed by atoms with E-state index in [4.69, 9.17) is 4.74 Å². The van der Waals surface area contributed by atoms with Crippen LogP contribution in [0.4, 0.5) is 0 Å². The van der Waals surface area contributed by atoms with Gasteiger partial charge in [-0.3, -0.25) is 0 Å². The van der Waals surface area contributed by atoms with E-state index in [0.717, 1.165) is 5.65 Å². The lowest BCUT2D eigenvalue weighted by Crippen LogP contribution is -1.93. The topological polar surface area (TPSA) is 39.4 Å². The average molecular weight is 163 g/mol. The third-order valence-electron chi connectivity index (χ3n) is 1.50. The van der Waals surface area contributed by atoms with Crippen molar-refractivity contribution in [1.29, 1.82) is 0 Å². The molecule has 4 nitrogen and oxygen atoms in total. The van der Waals surface area contributed by atoms with Crippen molar-refractivity contribution in [3.63, 3.8) is 0 Å². The van der Waals surface area contributed by atoms with Gasteiger partial charge in [0.05, 0.1) is 6.61 Å². The van der Waals surface area contributed by atoms with E-state index >= 15 is 0 Å². The molecular formula is C8H9N3O. The molecule has 62 valence electrons. The normalized spacial score (nSPS) is 10.4. The number of rotatable bonds is 2. The molecule has 0 unspecified atom stereocenters. The van der Waals surface area contributed by atoms with Gasteiger partial charge in [0.15, 0.2) is 5.65 Å². The van der Waals surface area contributed by atoms with E-state index in [9.17, 15) is 0 Å². The number of fused-ring (bicyclic) bond motifs is 1. The van der Waals surface area contributed by atoms with Gasteiger partial charge in [-0.25, -0.2) is 4.52 Å². The van der Waals surface area contributed by atoms with Crippen LogP contribution in [0, 0.1) is 0 Å². The Morgan fingerprint density at radius 3 is 3.17 bits per heavy atom. The summed E-state index contributed by atoms with van der Waals surface area (Å²) in [5, 5.41) is 4.09. The Morgan fingerprint density at radius 1 is 1.50 bits per heavy atom. The van der Waals surface area contributed by atoms with Crippen molar-refractivity contribution in [3.05, 3.63) is 24.4 Å². The molecule has 0 bridgehead atoms. The first-order valence-corrected chi connectivity index (χ1v) is 3.84. The number of pyridine rings is 1. The molecule has 4 heteroatoms. The van der Waals surface area contributed by atoms with E-state index in [2.05, 4.69) is 10.1 Å². The maximum absolute atomic E-state index is 5.15. The van der Waals surface area contributed by atoms with Gasteiger partial charge in [-0.1, -0.05) is 6.07 Å². The summed E-state index contributed by atoms with van der Waals surface area (Å²) in [7, 11) is 0. The SMILES string of the molecule is CCOc1nc2ccccn2n1. The van der Waals surface area contributed by atoms with Gasteiger partial charge in [0.25, 0.3) is 0 Å². The minimum Gasteiger partial charge on any atom is -0.463 e. The standard InChI is InChI=1S/C8H9N3O/c1-2-12-8-9-7-5-3-4-6-11(7)10-8/h3-6H,2H2,1H3. The molecule has 0 aliphatic heterocycles. The van der Waals surface area contributed by atoms with Crippen LogP contribution >= 0.6 is 0 Å². The Bertz CT molecular complexity index is 349. The smallest absolute Gasteiger partial charge is 0.336 e. The summed E-state index contributed by atoms with van der Waals surface area (Å²) in [5.74, 6) is 0. The molecule has 2 rings (SSSR count). The highest BCUT2D eigenvalue weighted by Crippen LogP contribution is 2.05. The molecule has 0 aliphatic rings. The fourth-order valence-electron chi connectivity index (χ4n) is 1.00. The van der Waals surface area contributed by atoms with E-state index < -0.39 is 0 Å². The Labute approximate surface area is 69.8 Å². The molecule has 0 spiro atoms. The molecule has 0 saturated heterocycles. The Balaban J connectivity index is 2.47. The summed E-state index contributed by atoms with van der Waals surface area (Å²) >= 11 is 0. The van der Waals surface area contributed by atoms with Gasteiger partial charge >= 0.3 is 6.01 Å². The quantitative estimate of drug-likeness (QED) is 0.666. The van der Waals surface area contributed by atoms with Crippen molar-refractivity contribution in [1.82, 2.24) is 14.6 Å². The van der Waals surface area contributed by atoms with Crippen LogP contribution in [0.3, 0.4) is 0 Å². The van der Waals surface area contributed by atoms with Gasteiger partial charge in [0.2, 0.25) is 0 Å². The second kappa shape index (κ2) is 2.81. The average Bonchev–Trinajstić information content (AvgIpc) is 2.47. The van der Waals surface area contributed by atoms with E-state index in [-0.39, 0.29) is 0 Å². The van der Waals surface area contributed by atoms with Crippen LogP contribution in [0.2, 0.25) is 0 Å². The van der Waals surface area contributed by atoms with Crippen molar-refractivity contribution in [2.24, 2.45) is 0 Å². The Hall–Kier alpha value is -1.58. The summed E-state index contributed by atoms with van der Waals surface area (Å²) in [6.45, 7) is 2.50. The second-order valence-corrected chi connectivity index (χ2v) is 2.33. The van der Waals surface area contributed by atoms with Crippen molar-refractivity contribution < 1.29 is 4.74 Å². The Morgan fingerprint density at radius 2 is 2.42 bits per heavy atom. The molecular weight excluding hydrogens is 154 g/mol. The minimum atomic E-state index is 0.434. The number of hydrogen-bond acceptors (Lipinski definition) is 3. The predicted molar refractivity (Wildman–Crippen MR) is 44.2 cm³/mol. The monoisotopic (exact) mass is 163 g/mol. The van der Waals surface area contributed by atoms with Crippen LogP contribution in [0.15, 0.2) is 24.4 Å². The Kier molecular flexibility index (Phi) is 1.66. The number of hydrogen-bond donors (Lipinski definition) is 0. The molecule has 0 aromatic carbocycles. The number of aromatic nitrogens is 3. The zero-order valence-corrected chi connectivity index (χ0v) is 6.77. The van der Waals surface area contributed by atoms with Crippen molar-refractivity contribution in [2.75, 3.05) is 6.61 Å². The van der Waals surface area contributed by atoms with Crippen molar-refractivity contribution in [3.8, 4) is 6.01 Å². The zero-order valence-electron chi connectivity index (χ0n) is 6.77. The van der Waals surface area contributed by atoms with Crippen LogP contribution in [0.5, 0.6) is 6.01 Å². The molecule has 0 radical (unpaired) electrons. The maximum Gasteiger partial charge on any atom is 0.336 e. The van der Waals surface area contributed by atoms with Crippen LogP contribution in [-0.4, -0.2) is 21.2 Å². The molecule has 0 aliphatic carbocycles. The molecule has 0 amide bonds. The van der Waals surface area contributed by atoms with Gasteiger partial charge in [-0.15, -0.1) is 5.10 Å². The van der Waals surface area contributed by atoms with E-state index in [1.54, 1.807) is 4.52 Å². The third-order valence-corrected chi connectivity index (χ3v) is 1.50. The third kappa shape index (κ3) is 1.11. The van der Waals surface area contributed by atoms with Gasteiger partial charge in [0, 0.05) is 6.20 Å². The molecule has 2 heterocycles. The highest BCUT2D eigenvalue weighted by molar-refractivity contribution is 5.37. The predicted octanol–water partition coefficient (Wildman–Crippen LogP) is 1.13. The lowest BCUT2D eigenvalue weighted by Gasteiger charge is -1.90. The fraction of sp³-hybridized carbons (Fsp3) is 0.250. The van der Waals surface area contributed by atoms with Crippen molar-refractivity contribution in [2.45, 2.75) is 6.92 Å². The highest BCUT2D eigenvalue weighted by Gasteiger charge is 2.00. The van der Waals surface area contributed by atoms with E-state index in [1.165, 1.54) is 0 Å². The van der Waals surface area contributed by atoms with Crippen LogP contribution < -0.4 is 4.74 Å². The maximum atomic E-state index is 5.15. The summed E-state index contributed by atoms with van der Waals surface area (Å²) in [6.07, 6.45) is 1.84. The first kappa shape index (κ1) is 7.09. The zero-order chi connectivity index (χ0) is 8.39. The number of ether oxygens (including phenoxy) is 1. The first-order valence-electron chi connectivity index (χ1n) is 3.84. The first-order chi connectivity index (χ1) is 5.90. The largest absolute Gasteiger partial charge is 0.463 e. The molecule has 0 N–H and O–H groups in total. The molecule has 0 fully saturated rings. The van der Waals surface area contributed by atoms with E-state index in [1.807, 2.05) is 31.3 Å². The van der Waals surface area contributed by atoms with Crippen LogP contribution in [0.1, 0.15) is 6.92 Å². The second-order valence-electron chi connectivity index (χ2n) is 2.33. The van der Waals surface area contributed by atoms with Gasteiger partial charge in [0.1, 0.15) is 0 Å². The summed E-state index contributed by atoms with van der Waals surface area (Å²) < 4.78 is 6.83. The number of nitrogens with zero attached hydrogens (tertiary/aromatic N) is 3. The minimum absolute atomic E-state index is 0.434. The van der Waals surface area contributed by atoms with Crippen molar-refractivity contribution >= 4 is 5.65 Å². The van der Waals surface area contributed by atoms with Crippen LogP contribution in [0.25, 0.3) is 5.65 Å². The van der Waals surface area contributed by atoms with Gasteiger partial charge in [-0.2, -0.15) is 4.98 Å².